The second-order valence-electron chi connectivity index (χ2n) is 4.88. The van der Waals surface area contributed by atoms with Crippen LogP contribution in [0.3, 0.4) is 0 Å². The largest absolute Gasteiger partial charge is 0.317 e. The molecule has 1 saturated carbocycles. The summed E-state index contributed by atoms with van der Waals surface area (Å²) in [6, 6.07) is 0.693. The van der Waals surface area contributed by atoms with E-state index < -0.39 is 0 Å². The Morgan fingerprint density at radius 3 is 2.47 bits per heavy atom. The van der Waals surface area contributed by atoms with E-state index in [-0.39, 0.29) is 0 Å². The molecule has 0 spiro atoms. The molecule has 0 amide bonds. The van der Waals surface area contributed by atoms with Crippen molar-refractivity contribution in [3.8, 4) is 11.8 Å². The third-order valence-corrected chi connectivity index (χ3v) is 3.76. The molecule has 0 aromatic carbocycles. The van der Waals surface area contributed by atoms with Gasteiger partial charge >= 0.3 is 0 Å². The van der Waals surface area contributed by atoms with Crippen molar-refractivity contribution in [3.05, 3.63) is 0 Å². The summed E-state index contributed by atoms with van der Waals surface area (Å²) in [5, 5.41) is 3.48. The maximum atomic E-state index is 3.48. The zero-order valence-electron chi connectivity index (χ0n) is 10.5. The van der Waals surface area contributed by atoms with Crippen LogP contribution in [-0.2, 0) is 0 Å². The molecule has 1 nitrogen and oxygen atoms in total. The van der Waals surface area contributed by atoms with E-state index >= 15 is 0 Å². The zero-order chi connectivity index (χ0) is 11.1. The van der Waals surface area contributed by atoms with E-state index in [2.05, 4.69) is 31.1 Å². The molecule has 1 heteroatoms. The van der Waals surface area contributed by atoms with Gasteiger partial charge in [0, 0.05) is 12.5 Å². The van der Waals surface area contributed by atoms with Crippen LogP contribution in [0.4, 0.5) is 0 Å². The van der Waals surface area contributed by atoms with Gasteiger partial charge in [-0.1, -0.05) is 19.8 Å². The van der Waals surface area contributed by atoms with Crippen LogP contribution < -0.4 is 5.32 Å². The van der Waals surface area contributed by atoms with Crippen LogP contribution in [0, 0.1) is 23.7 Å². The molecule has 0 aromatic heterocycles. The molecule has 0 aromatic rings. The van der Waals surface area contributed by atoms with Crippen molar-refractivity contribution in [3.63, 3.8) is 0 Å². The average Bonchev–Trinajstić information content (AvgIpc) is 2.26. The summed E-state index contributed by atoms with van der Waals surface area (Å²) in [5.74, 6) is 8.00. The van der Waals surface area contributed by atoms with Gasteiger partial charge in [0.25, 0.3) is 0 Å². The van der Waals surface area contributed by atoms with Gasteiger partial charge in [0.2, 0.25) is 0 Å². The van der Waals surface area contributed by atoms with Gasteiger partial charge in [-0.05, 0) is 45.1 Å². The number of hydrogen-bond donors (Lipinski definition) is 1. The van der Waals surface area contributed by atoms with Crippen LogP contribution in [-0.4, -0.2) is 13.1 Å². The molecule has 1 rings (SSSR count). The Bertz CT molecular complexity index is 215. The topological polar surface area (TPSA) is 12.0 Å². The maximum absolute atomic E-state index is 3.48. The molecule has 1 aliphatic rings. The van der Waals surface area contributed by atoms with Crippen LogP contribution in [0.15, 0.2) is 0 Å². The van der Waals surface area contributed by atoms with E-state index in [4.69, 9.17) is 0 Å². The van der Waals surface area contributed by atoms with Crippen LogP contribution in [0.1, 0.15) is 52.4 Å². The van der Waals surface area contributed by atoms with Crippen molar-refractivity contribution in [1.29, 1.82) is 0 Å². The average molecular weight is 207 g/mol. The van der Waals surface area contributed by atoms with Gasteiger partial charge in [-0.3, -0.25) is 0 Å². The maximum Gasteiger partial charge on any atom is 0.0103 e. The molecule has 86 valence electrons. The van der Waals surface area contributed by atoms with Crippen molar-refractivity contribution >= 4 is 0 Å². The Kier molecular flexibility index (Phi) is 5.79. The molecule has 1 fully saturated rings. The third-order valence-electron chi connectivity index (χ3n) is 3.76. The first-order valence-corrected chi connectivity index (χ1v) is 6.34. The summed E-state index contributed by atoms with van der Waals surface area (Å²) in [4.78, 5) is 0. The van der Waals surface area contributed by atoms with Crippen LogP contribution in [0.25, 0.3) is 0 Å². The Labute approximate surface area is 95.0 Å². The highest BCUT2D eigenvalue weighted by molar-refractivity contribution is 4.96. The van der Waals surface area contributed by atoms with Gasteiger partial charge in [-0.15, -0.1) is 11.8 Å². The molecular formula is C14H25N. The second-order valence-corrected chi connectivity index (χ2v) is 4.88. The minimum Gasteiger partial charge on any atom is -0.317 e. The van der Waals surface area contributed by atoms with Crippen LogP contribution in [0.5, 0.6) is 0 Å². The van der Waals surface area contributed by atoms with Gasteiger partial charge in [-0.25, -0.2) is 0 Å². The highest BCUT2D eigenvalue weighted by Gasteiger charge is 2.24. The summed E-state index contributed by atoms with van der Waals surface area (Å²) < 4.78 is 0. The normalized spacial score (nSPS) is 27.9. The predicted molar refractivity (Wildman–Crippen MR) is 66.7 cm³/mol. The Morgan fingerprint density at radius 2 is 1.93 bits per heavy atom. The van der Waals surface area contributed by atoms with Crippen molar-refractivity contribution < 1.29 is 0 Å². The predicted octanol–water partition coefficient (Wildman–Crippen LogP) is 3.20. The minimum absolute atomic E-state index is 0.693. The molecule has 0 saturated heterocycles. The molecule has 1 unspecified atom stereocenters. The fraction of sp³-hybridized carbons (Fsp3) is 0.857. The van der Waals surface area contributed by atoms with Gasteiger partial charge in [0.1, 0.15) is 0 Å². The fourth-order valence-electron chi connectivity index (χ4n) is 2.66. The molecule has 1 N–H and O–H groups in total. The number of nitrogens with one attached hydrogen (secondary N) is 1. The molecule has 1 aliphatic carbocycles. The molecule has 0 radical (unpaired) electrons. The van der Waals surface area contributed by atoms with E-state index in [0.717, 1.165) is 18.3 Å². The van der Waals surface area contributed by atoms with E-state index in [1.54, 1.807) is 0 Å². The van der Waals surface area contributed by atoms with Crippen molar-refractivity contribution in [1.82, 2.24) is 5.32 Å². The molecule has 0 heterocycles. The lowest BCUT2D eigenvalue weighted by Gasteiger charge is -2.32. The van der Waals surface area contributed by atoms with E-state index in [1.165, 1.54) is 32.1 Å². The lowest BCUT2D eigenvalue weighted by atomic mass is 9.78. The lowest BCUT2D eigenvalue weighted by Crippen LogP contribution is -2.35. The summed E-state index contributed by atoms with van der Waals surface area (Å²) >= 11 is 0. The van der Waals surface area contributed by atoms with Crippen molar-refractivity contribution in [2.24, 2.45) is 11.8 Å². The van der Waals surface area contributed by atoms with Crippen LogP contribution in [0.2, 0.25) is 0 Å². The SMILES string of the molecule is CC#CCCC(NC)C1CCC(C)CC1. The first-order valence-electron chi connectivity index (χ1n) is 6.34. The first-order chi connectivity index (χ1) is 7.27. The van der Waals surface area contributed by atoms with Crippen LogP contribution >= 0.6 is 0 Å². The molecular weight excluding hydrogens is 182 g/mol. The van der Waals surface area contributed by atoms with E-state index in [0.29, 0.717) is 6.04 Å². The zero-order valence-corrected chi connectivity index (χ0v) is 10.5. The molecule has 0 aliphatic heterocycles. The highest BCUT2D eigenvalue weighted by Crippen LogP contribution is 2.31. The van der Waals surface area contributed by atoms with E-state index in [1.807, 2.05) is 6.92 Å². The summed E-state index contributed by atoms with van der Waals surface area (Å²) in [5.41, 5.74) is 0. The van der Waals surface area contributed by atoms with Gasteiger partial charge in [0.15, 0.2) is 0 Å². The summed E-state index contributed by atoms with van der Waals surface area (Å²) in [6.07, 6.45) is 7.92. The Hall–Kier alpha value is -0.480. The van der Waals surface area contributed by atoms with Crippen molar-refractivity contribution in [2.75, 3.05) is 7.05 Å². The Morgan fingerprint density at radius 1 is 1.27 bits per heavy atom. The minimum atomic E-state index is 0.693. The second kappa shape index (κ2) is 6.90. The van der Waals surface area contributed by atoms with Gasteiger partial charge in [-0.2, -0.15) is 0 Å². The van der Waals surface area contributed by atoms with Crippen molar-refractivity contribution in [2.45, 2.75) is 58.4 Å². The molecule has 15 heavy (non-hydrogen) atoms. The standard InChI is InChI=1S/C14H25N/c1-4-5-6-7-14(15-3)13-10-8-12(2)9-11-13/h12-15H,6-11H2,1-3H3. The number of hydrogen-bond acceptors (Lipinski definition) is 1. The molecule has 1 atom stereocenters. The summed E-state index contributed by atoms with van der Waals surface area (Å²) in [7, 11) is 2.10. The number of rotatable bonds is 4. The monoisotopic (exact) mass is 207 g/mol. The molecule has 0 bridgehead atoms. The third kappa shape index (κ3) is 4.26. The fourth-order valence-corrected chi connectivity index (χ4v) is 2.66. The van der Waals surface area contributed by atoms with Gasteiger partial charge < -0.3 is 5.32 Å². The Balaban J connectivity index is 2.32. The quantitative estimate of drug-likeness (QED) is 0.698. The highest BCUT2D eigenvalue weighted by atomic mass is 14.9. The van der Waals surface area contributed by atoms with E-state index in [9.17, 15) is 0 Å². The first kappa shape index (κ1) is 12.6. The van der Waals surface area contributed by atoms with Gasteiger partial charge in [0.05, 0.1) is 0 Å². The smallest absolute Gasteiger partial charge is 0.0103 e. The summed E-state index contributed by atoms with van der Waals surface area (Å²) in [6.45, 7) is 4.31. The lowest BCUT2D eigenvalue weighted by molar-refractivity contribution is 0.230.